The molecule has 0 saturated carbocycles. The van der Waals surface area contributed by atoms with Crippen LogP contribution < -0.4 is 0 Å². The predicted octanol–water partition coefficient (Wildman–Crippen LogP) is 1.92. The fourth-order valence-corrected chi connectivity index (χ4v) is 2.21. The second-order valence-corrected chi connectivity index (χ2v) is 4.92. The number of esters is 1. The molecule has 0 amide bonds. The van der Waals surface area contributed by atoms with E-state index >= 15 is 0 Å². The van der Waals surface area contributed by atoms with Crippen molar-refractivity contribution in [3.8, 4) is 0 Å². The van der Waals surface area contributed by atoms with Crippen LogP contribution in [0.5, 0.6) is 0 Å². The van der Waals surface area contributed by atoms with Gasteiger partial charge in [-0.05, 0) is 37.8 Å². The van der Waals surface area contributed by atoms with Crippen molar-refractivity contribution in [1.29, 1.82) is 0 Å². The second kappa shape index (κ2) is 6.11. The predicted molar refractivity (Wildman–Crippen MR) is 60.6 cm³/mol. The van der Waals surface area contributed by atoms with Crippen molar-refractivity contribution >= 4 is 5.97 Å². The molecule has 1 fully saturated rings. The van der Waals surface area contributed by atoms with Crippen molar-refractivity contribution in [2.45, 2.75) is 33.1 Å². The van der Waals surface area contributed by atoms with Gasteiger partial charge < -0.3 is 9.64 Å². The van der Waals surface area contributed by atoms with Crippen molar-refractivity contribution in [3.63, 3.8) is 0 Å². The summed E-state index contributed by atoms with van der Waals surface area (Å²) in [5.74, 6) is 1.22. The van der Waals surface area contributed by atoms with Gasteiger partial charge in [0, 0.05) is 13.0 Å². The summed E-state index contributed by atoms with van der Waals surface area (Å²) in [5.41, 5.74) is 0. The molecule has 1 rings (SSSR count). The summed E-state index contributed by atoms with van der Waals surface area (Å²) in [6.45, 7) is 7.96. The van der Waals surface area contributed by atoms with E-state index in [9.17, 15) is 4.79 Å². The van der Waals surface area contributed by atoms with Gasteiger partial charge in [0.2, 0.25) is 0 Å². The van der Waals surface area contributed by atoms with Crippen molar-refractivity contribution in [3.05, 3.63) is 0 Å². The van der Waals surface area contributed by atoms with Crippen LogP contribution in [0, 0.1) is 11.8 Å². The Morgan fingerprint density at radius 3 is 2.47 bits per heavy atom. The summed E-state index contributed by atoms with van der Waals surface area (Å²) < 4.78 is 4.69. The third-order valence-electron chi connectivity index (χ3n) is 3.01. The highest BCUT2D eigenvalue weighted by Crippen LogP contribution is 2.21. The molecule has 1 aliphatic rings. The molecule has 0 bridgehead atoms. The Kier molecular flexibility index (Phi) is 5.09. The summed E-state index contributed by atoms with van der Waals surface area (Å²) in [7, 11) is 1.47. The smallest absolute Gasteiger partial charge is 0.305 e. The van der Waals surface area contributed by atoms with Gasteiger partial charge in [-0.15, -0.1) is 0 Å². The number of rotatable bonds is 4. The third-order valence-corrected chi connectivity index (χ3v) is 3.01. The maximum absolute atomic E-state index is 11.1. The first-order valence-electron chi connectivity index (χ1n) is 5.91. The van der Waals surface area contributed by atoms with E-state index in [1.165, 1.54) is 13.7 Å². The van der Waals surface area contributed by atoms with Crippen molar-refractivity contribution in [2.75, 3.05) is 26.7 Å². The number of piperidine rings is 1. The Hall–Kier alpha value is -0.570. The van der Waals surface area contributed by atoms with E-state index in [2.05, 4.69) is 18.7 Å². The highest BCUT2D eigenvalue weighted by molar-refractivity contribution is 5.69. The zero-order chi connectivity index (χ0) is 11.3. The standard InChI is InChI=1S/C12H23NO2/c1-10(2)9-13-6-4-11(5-7-13)8-12(14)15-3/h10-11H,4-9H2,1-3H3. The normalized spacial score (nSPS) is 19.5. The number of carbonyl (C=O) groups is 1. The van der Waals surface area contributed by atoms with Crippen LogP contribution in [-0.2, 0) is 9.53 Å². The molecule has 0 aromatic rings. The van der Waals surface area contributed by atoms with Gasteiger partial charge in [0.05, 0.1) is 7.11 Å². The molecule has 0 aromatic carbocycles. The highest BCUT2D eigenvalue weighted by atomic mass is 16.5. The molecule has 0 aliphatic carbocycles. The molecule has 1 aliphatic heterocycles. The molecular weight excluding hydrogens is 190 g/mol. The van der Waals surface area contributed by atoms with E-state index < -0.39 is 0 Å². The zero-order valence-corrected chi connectivity index (χ0v) is 10.2. The quantitative estimate of drug-likeness (QED) is 0.668. The minimum absolute atomic E-state index is 0.0580. The molecule has 0 radical (unpaired) electrons. The molecule has 15 heavy (non-hydrogen) atoms. The number of likely N-dealkylation sites (tertiary alicyclic amines) is 1. The molecular formula is C12H23NO2. The molecule has 0 aromatic heterocycles. The molecule has 0 N–H and O–H groups in total. The van der Waals surface area contributed by atoms with Gasteiger partial charge >= 0.3 is 5.97 Å². The number of hydrogen-bond donors (Lipinski definition) is 0. The van der Waals surface area contributed by atoms with Crippen LogP contribution in [0.1, 0.15) is 33.1 Å². The number of methoxy groups -OCH3 is 1. The van der Waals surface area contributed by atoms with Crippen LogP contribution in [-0.4, -0.2) is 37.6 Å². The average Bonchev–Trinajstić information content (AvgIpc) is 2.20. The SMILES string of the molecule is COC(=O)CC1CCN(CC(C)C)CC1. The number of carbonyl (C=O) groups excluding carboxylic acids is 1. The largest absolute Gasteiger partial charge is 0.469 e. The maximum Gasteiger partial charge on any atom is 0.305 e. The highest BCUT2D eigenvalue weighted by Gasteiger charge is 2.21. The van der Waals surface area contributed by atoms with Crippen LogP contribution in [0.3, 0.4) is 0 Å². The van der Waals surface area contributed by atoms with E-state index in [-0.39, 0.29) is 5.97 Å². The van der Waals surface area contributed by atoms with Crippen LogP contribution in [0.15, 0.2) is 0 Å². The van der Waals surface area contributed by atoms with Crippen molar-refractivity contribution in [2.24, 2.45) is 11.8 Å². The first-order valence-corrected chi connectivity index (χ1v) is 5.91. The summed E-state index contributed by atoms with van der Waals surface area (Å²) in [5, 5.41) is 0. The van der Waals surface area contributed by atoms with Crippen molar-refractivity contribution in [1.82, 2.24) is 4.90 Å². The van der Waals surface area contributed by atoms with Crippen LogP contribution in [0.4, 0.5) is 0 Å². The van der Waals surface area contributed by atoms with Gasteiger partial charge in [-0.1, -0.05) is 13.8 Å². The van der Waals surface area contributed by atoms with Crippen LogP contribution in [0.2, 0.25) is 0 Å². The molecule has 3 heteroatoms. The Bertz CT molecular complexity index is 196. The number of nitrogens with zero attached hydrogens (tertiary/aromatic N) is 1. The maximum atomic E-state index is 11.1. The monoisotopic (exact) mass is 213 g/mol. The molecule has 0 spiro atoms. The second-order valence-electron chi connectivity index (χ2n) is 4.92. The summed E-state index contributed by atoms with van der Waals surface area (Å²) in [4.78, 5) is 13.6. The molecule has 3 nitrogen and oxygen atoms in total. The van der Waals surface area contributed by atoms with E-state index in [0.717, 1.165) is 31.8 Å². The van der Waals surface area contributed by atoms with Crippen molar-refractivity contribution < 1.29 is 9.53 Å². The first-order chi connectivity index (χ1) is 7.11. The average molecular weight is 213 g/mol. The molecule has 1 heterocycles. The first kappa shape index (κ1) is 12.5. The van der Waals surface area contributed by atoms with Gasteiger partial charge in [0.1, 0.15) is 0 Å². The lowest BCUT2D eigenvalue weighted by atomic mass is 9.93. The fraction of sp³-hybridized carbons (Fsp3) is 0.917. The third kappa shape index (κ3) is 4.65. The van der Waals surface area contributed by atoms with Gasteiger partial charge in [0.15, 0.2) is 0 Å². The minimum Gasteiger partial charge on any atom is -0.469 e. The number of hydrogen-bond acceptors (Lipinski definition) is 3. The van der Waals surface area contributed by atoms with Gasteiger partial charge in [-0.2, -0.15) is 0 Å². The lowest BCUT2D eigenvalue weighted by molar-refractivity contribution is -0.142. The van der Waals surface area contributed by atoms with E-state index in [1.807, 2.05) is 0 Å². The summed E-state index contributed by atoms with van der Waals surface area (Å²) in [6, 6.07) is 0. The van der Waals surface area contributed by atoms with Crippen LogP contribution >= 0.6 is 0 Å². The molecule has 1 saturated heterocycles. The Morgan fingerprint density at radius 1 is 1.40 bits per heavy atom. The number of ether oxygens (including phenoxy) is 1. The van der Waals surface area contributed by atoms with Gasteiger partial charge in [-0.25, -0.2) is 0 Å². The minimum atomic E-state index is -0.0580. The molecule has 0 atom stereocenters. The topological polar surface area (TPSA) is 29.5 Å². The Labute approximate surface area is 92.8 Å². The molecule has 88 valence electrons. The van der Waals surface area contributed by atoms with Gasteiger partial charge in [0.25, 0.3) is 0 Å². The lowest BCUT2D eigenvalue weighted by Gasteiger charge is -2.32. The van der Waals surface area contributed by atoms with E-state index in [1.54, 1.807) is 0 Å². The lowest BCUT2D eigenvalue weighted by Crippen LogP contribution is -2.36. The zero-order valence-electron chi connectivity index (χ0n) is 10.2. The summed E-state index contributed by atoms with van der Waals surface area (Å²) in [6.07, 6.45) is 2.88. The van der Waals surface area contributed by atoms with Gasteiger partial charge in [-0.3, -0.25) is 4.79 Å². The summed E-state index contributed by atoms with van der Waals surface area (Å²) >= 11 is 0. The van der Waals surface area contributed by atoms with E-state index in [0.29, 0.717) is 12.3 Å². The Balaban J connectivity index is 2.20. The fourth-order valence-electron chi connectivity index (χ4n) is 2.21. The van der Waals surface area contributed by atoms with E-state index in [4.69, 9.17) is 4.74 Å². The van der Waals surface area contributed by atoms with Crippen LogP contribution in [0.25, 0.3) is 0 Å². The molecule has 0 unspecified atom stereocenters. The Morgan fingerprint density at radius 2 is 2.00 bits per heavy atom.